The maximum atomic E-state index is 9.44. The monoisotopic (exact) mass is 304 g/mol. The van der Waals surface area contributed by atoms with E-state index in [1.807, 2.05) is 30.3 Å². The molecule has 1 aliphatic carbocycles. The Morgan fingerprint density at radius 2 is 2.00 bits per heavy atom. The normalized spacial score (nSPS) is 16.6. The molecule has 1 N–H and O–H groups in total. The Hall–Kier alpha value is -1.26. The third kappa shape index (κ3) is 1.95. The standard InChI is InChI=1S/C14H13BrN2O/c15-11-4-2-1-3-10(11)12-5-8-16-13(17-12)14(9-18)6-7-14/h1-5,8,18H,6-7,9H2. The molecule has 3 nitrogen and oxygen atoms in total. The SMILES string of the molecule is OCC1(c2nccc(-c3ccccc3Br)n2)CC1. The van der Waals surface area contributed by atoms with Crippen molar-refractivity contribution in [1.29, 1.82) is 0 Å². The highest BCUT2D eigenvalue weighted by atomic mass is 79.9. The highest BCUT2D eigenvalue weighted by Gasteiger charge is 2.46. The van der Waals surface area contributed by atoms with Gasteiger partial charge in [0, 0.05) is 16.2 Å². The Kier molecular flexibility index (Phi) is 2.92. The van der Waals surface area contributed by atoms with E-state index in [4.69, 9.17) is 0 Å². The molecule has 1 heterocycles. The van der Waals surface area contributed by atoms with Crippen LogP contribution in [0.25, 0.3) is 11.3 Å². The fraction of sp³-hybridized carbons (Fsp3) is 0.286. The van der Waals surface area contributed by atoms with Crippen molar-refractivity contribution in [3.8, 4) is 11.3 Å². The lowest BCUT2D eigenvalue weighted by Gasteiger charge is -2.11. The summed E-state index contributed by atoms with van der Waals surface area (Å²) in [6, 6.07) is 9.88. The topological polar surface area (TPSA) is 46.0 Å². The van der Waals surface area contributed by atoms with Crippen LogP contribution >= 0.6 is 15.9 Å². The van der Waals surface area contributed by atoms with Crippen molar-refractivity contribution in [1.82, 2.24) is 9.97 Å². The summed E-state index contributed by atoms with van der Waals surface area (Å²) >= 11 is 3.53. The first-order valence-corrected chi connectivity index (χ1v) is 6.74. The van der Waals surface area contributed by atoms with Gasteiger partial charge in [-0.25, -0.2) is 9.97 Å². The summed E-state index contributed by atoms with van der Waals surface area (Å²) < 4.78 is 1.02. The van der Waals surface area contributed by atoms with E-state index in [1.165, 1.54) is 0 Å². The van der Waals surface area contributed by atoms with Gasteiger partial charge in [0.15, 0.2) is 0 Å². The molecule has 1 aromatic carbocycles. The van der Waals surface area contributed by atoms with Crippen molar-refractivity contribution < 1.29 is 5.11 Å². The van der Waals surface area contributed by atoms with E-state index in [-0.39, 0.29) is 12.0 Å². The van der Waals surface area contributed by atoms with Crippen molar-refractivity contribution in [2.24, 2.45) is 0 Å². The van der Waals surface area contributed by atoms with Gasteiger partial charge in [0.25, 0.3) is 0 Å². The van der Waals surface area contributed by atoms with E-state index in [0.717, 1.165) is 34.4 Å². The van der Waals surface area contributed by atoms with Crippen LogP contribution in [0.3, 0.4) is 0 Å². The average molecular weight is 305 g/mol. The predicted octanol–water partition coefficient (Wildman–Crippen LogP) is 2.93. The number of aromatic nitrogens is 2. The van der Waals surface area contributed by atoms with Crippen molar-refractivity contribution in [3.05, 3.63) is 46.8 Å². The summed E-state index contributed by atoms with van der Waals surface area (Å²) in [6.07, 6.45) is 3.72. The van der Waals surface area contributed by atoms with Crippen molar-refractivity contribution in [2.45, 2.75) is 18.3 Å². The molecule has 4 heteroatoms. The van der Waals surface area contributed by atoms with Crippen LogP contribution in [0.5, 0.6) is 0 Å². The van der Waals surface area contributed by atoms with Gasteiger partial charge in [-0.1, -0.05) is 34.1 Å². The van der Waals surface area contributed by atoms with E-state index >= 15 is 0 Å². The lowest BCUT2D eigenvalue weighted by molar-refractivity contribution is 0.250. The van der Waals surface area contributed by atoms with Gasteiger partial charge < -0.3 is 5.11 Å². The second-order valence-corrected chi connectivity index (χ2v) is 5.54. The van der Waals surface area contributed by atoms with E-state index < -0.39 is 0 Å². The summed E-state index contributed by atoms with van der Waals surface area (Å²) in [5.41, 5.74) is 1.76. The molecule has 1 aliphatic rings. The minimum atomic E-state index is -0.183. The molecular formula is C14H13BrN2O. The van der Waals surface area contributed by atoms with Gasteiger partial charge in [0.05, 0.1) is 17.7 Å². The van der Waals surface area contributed by atoms with Crippen molar-refractivity contribution >= 4 is 15.9 Å². The van der Waals surface area contributed by atoms with Crippen LogP contribution in [-0.2, 0) is 5.41 Å². The lowest BCUT2D eigenvalue weighted by atomic mass is 10.1. The molecule has 0 radical (unpaired) electrons. The number of rotatable bonds is 3. The number of hydrogen-bond acceptors (Lipinski definition) is 3. The first-order valence-electron chi connectivity index (χ1n) is 5.94. The third-order valence-electron chi connectivity index (χ3n) is 3.44. The molecule has 1 saturated carbocycles. The van der Waals surface area contributed by atoms with Crippen LogP contribution in [0.1, 0.15) is 18.7 Å². The number of nitrogens with zero attached hydrogens (tertiary/aromatic N) is 2. The van der Waals surface area contributed by atoms with E-state index in [2.05, 4.69) is 25.9 Å². The number of hydrogen-bond donors (Lipinski definition) is 1. The van der Waals surface area contributed by atoms with Gasteiger partial charge in [0.1, 0.15) is 5.82 Å². The van der Waals surface area contributed by atoms with Crippen LogP contribution in [0.4, 0.5) is 0 Å². The van der Waals surface area contributed by atoms with Crippen LogP contribution in [0.2, 0.25) is 0 Å². The second-order valence-electron chi connectivity index (χ2n) is 4.68. The molecule has 18 heavy (non-hydrogen) atoms. The van der Waals surface area contributed by atoms with Gasteiger partial charge in [0.2, 0.25) is 0 Å². The Bertz CT molecular complexity index is 582. The van der Waals surface area contributed by atoms with Gasteiger partial charge in [-0.3, -0.25) is 0 Å². The summed E-state index contributed by atoms with van der Waals surface area (Å²) in [7, 11) is 0. The number of benzene rings is 1. The zero-order chi connectivity index (χ0) is 12.6. The van der Waals surface area contributed by atoms with Crippen LogP contribution in [0.15, 0.2) is 41.0 Å². The molecule has 1 fully saturated rings. The Morgan fingerprint density at radius 1 is 1.22 bits per heavy atom. The average Bonchev–Trinajstić information content (AvgIpc) is 3.20. The fourth-order valence-corrected chi connectivity index (χ4v) is 2.52. The molecule has 1 aromatic heterocycles. The van der Waals surface area contributed by atoms with Gasteiger partial charge in [-0.2, -0.15) is 0 Å². The molecule has 0 spiro atoms. The van der Waals surface area contributed by atoms with Crippen LogP contribution < -0.4 is 0 Å². The highest BCUT2D eigenvalue weighted by molar-refractivity contribution is 9.10. The molecule has 0 unspecified atom stereocenters. The zero-order valence-electron chi connectivity index (χ0n) is 9.81. The Balaban J connectivity index is 2.04. The maximum Gasteiger partial charge on any atom is 0.137 e. The summed E-state index contributed by atoms with van der Waals surface area (Å²) in [4.78, 5) is 8.92. The zero-order valence-corrected chi connectivity index (χ0v) is 11.4. The van der Waals surface area contributed by atoms with Crippen LogP contribution in [-0.4, -0.2) is 21.7 Å². The third-order valence-corrected chi connectivity index (χ3v) is 4.13. The Morgan fingerprint density at radius 3 is 2.67 bits per heavy atom. The van der Waals surface area contributed by atoms with Crippen molar-refractivity contribution in [3.63, 3.8) is 0 Å². The summed E-state index contributed by atoms with van der Waals surface area (Å²) in [5, 5.41) is 9.44. The van der Waals surface area contributed by atoms with E-state index in [0.29, 0.717) is 0 Å². The molecule has 92 valence electrons. The molecular weight excluding hydrogens is 292 g/mol. The first-order chi connectivity index (χ1) is 8.75. The van der Waals surface area contributed by atoms with Crippen LogP contribution in [0, 0.1) is 0 Å². The number of halogens is 1. The fourth-order valence-electron chi connectivity index (χ4n) is 2.04. The van der Waals surface area contributed by atoms with Gasteiger partial charge >= 0.3 is 0 Å². The molecule has 0 saturated heterocycles. The van der Waals surface area contributed by atoms with E-state index in [9.17, 15) is 5.11 Å². The molecule has 0 amide bonds. The quantitative estimate of drug-likeness (QED) is 0.948. The molecule has 2 aromatic rings. The molecule has 3 rings (SSSR count). The number of aliphatic hydroxyl groups excluding tert-OH is 1. The number of aliphatic hydroxyl groups is 1. The van der Waals surface area contributed by atoms with Gasteiger partial charge in [-0.05, 0) is 25.0 Å². The highest BCUT2D eigenvalue weighted by Crippen LogP contribution is 2.46. The summed E-state index contributed by atoms with van der Waals surface area (Å²) in [5.74, 6) is 0.762. The minimum absolute atomic E-state index is 0.131. The Labute approximate surface area is 114 Å². The predicted molar refractivity (Wildman–Crippen MR) is 73.2 cm³/mol. The molecule has 0 atom stereocenters. The summed E-state index contributed by atoms with van der Waals surface area (Å²) in [6.45, 7) is 0.131. The maximum absolute atomic E-state index is 9.44. The first kappa shape index (κ1) is 11.8. The van der Waals surface area contributed by atoms with E-state index in [1.54, 1.807) is 6.20 Å². The smallest absolute Gasteiger partial charge is 0.137 e. The molecule has 0 aliphatic heterocycles. The molecule has 0 bridgehead atoms. The van der Waals surface area contributed by atoms with Gasteiger partial charge in [-0.15, -0.1) is 0 Å². The minimum Gasteiger partial charge on any atom is -0.395 e. The van der Waals surface area contributed by atoms with Crippen molar-refractivity contribution in [2.75, 3.05) is 6.61 Å². The lowest BCUT2D eigenvalue weighted by Crippen LogP contribution is -2.16. The second kappa shape index (κ2) is 4.44. The largest absolute Gasteiger partial charge is 0.395 e.